The zero-order valence-electron chi connectivity index (χ0n) is 10.4. The Balaban J connectivity index is 2.26. The third-order valence-corrected chi connectivity index (χ3v) is 3.54. The molecule has 1 rings (SSSR count). The summed E-state index contributed by atoms with van der Waals surface area (Å²) in [7, 11) is 2.19. The van der Waals surface area contributed by atoms with Crippen LogP contribution in [0.15, 0.2) is 0 Å². The van der Waals surface area contributed by atoms with Gasteiger partial charge in [0.25, 0.3) is 0 Å². The van der Waals surface area contributed by atoms with Crippen LogP contribution in [-0.4, -0.2) is 60.8 Å². The first kappa shape index (κ1) is 12.9. The first-order valence-electron chi connectivity index (χ1n) is 6.20. The van der Waals surface area contributed by atoms with Crippen LogP contribution >= 0.6 is 0 Å². The molecule has 1 N–H and O–H groups in total. The van der Waals surface area contributed by atoms with Crippen molar-refractivity contribution in [3.8, 4) is 0 Å². The molecule has 1 unspecified atom stereocenters. The highest BCUT2D eigenvalue weighted by Gasteiger charge is 2.22. The summed E-state index contributed by atoms with van der Waals surface area (Å²) in [5.41, 5.74) is 0. The molecule has 0 saturated carbocycles. The number of rotatable bonds is 5. The van der Waals surface area contributed by atoms with Gasteiger partial charge in [0.05, 0.1) is 0 Å². The van der Waals surface area contributed by atoms with Gasteiger partial charge in [-0.25, -0.2) is 0 Å². The van der Waals surface area contributed by atoms with Crippen LogP contribution < -0.4 is 0 Å². The van der Waals surface area contributed by atoms with Crippen LogP contribution in [0.3, 0.4) is 0 Å². The molecule has 1 atom stereocenters. The standard InChI is InChI=1S/C12H26N2O/c1-4-14-7-5-12(6-8-14)13(3)9-11(2)10-15/h11-12,15H,4-10H2,1-3H3. The maximum Gasteiger partial charge on any atom is 0.0468 e. The van der Waals surface area contributed by atoms with Crippen LogP contribution in [0.25, 0.3) is 0 Å². The number of piperidine rings is 1. The van der Waals surface area contributed by atoms with Crippen molar-refractivity contribution in [3.05, 3.63) is 0 Å². The van der Waals surface area contributed by atoms with Gasteiger partial charge in [-0.2, -0.15) is 0 Å². The summed E-state index contributed by atoms with van der Waals surface area (Å²) in [5.74, 6) is 0.402. The third kappa shape index (κ3) is 4.09. The van der Waals surface area contributed by atoms with E-state index in [-0.39, 0.29) is 0 Å². The Morgan fingerprint density at radius 1 is 1.40 bits per heavy atom. The summed E-state index contributed by atoms with van der Waals surface area (Å²) >= 11 is 0. The summed E-state index contributed by atoms with van der Waals surface area (Å²) in [6.07, 6.45) is 2.56. The van der Waals surface area contributed by atoms with E-state index in [1.165, 1.54) is 32.5 Å². The van der Waals surface area contributed by atoms with Crippen molar-refractivity contribution in [1.29, 1.82) is 0 Å². The topological polar surface area (TPSA) is 26.7 Å². The van der Waals surface area contributed by atoms with E-state index in [9.17, 15) is 0 Å². The second kappa shape index (κ2) is 6.46. The Bertz CT molecular complexity index is 167. The first-order valence-corrected chi connectivity index (χ1v) is 6.20. The van der Waals surface area contributed by atoms with E-state index in [2.05, 4.69) is 30.7 Å². The number of hydrogen-bond donors (Lipinski definition) is 1. The van der Waals surface area contributed by atoms with E-state index in [0.717, 1.165) is 12.6 Å². The first-order chi connectivity index (χ1) is 7.17. The SMILES string of the molecule is CCN1CCC(N(C)CC(C)CO)CC1. The molecular formula is C12H26N2O. The van der Waals surface area contributed by atoms with Crippen LogP contribution in [0, 0.1) is 5.92 Å². The summed E-state index contributed by atoms with van der Waals surface area (Å²) in [6.45, 7) is 9.32. The maximum atomic E-state index is 9.03. The Hall–Kier alpha value is -0.120. The monoisotopic (exact) mass is 214 g/mol. The third-order valence-electron chi connectivity index (χ3n) is 3.54. The van der Waals surface area contributed by atoms with Crippen LogP contribution in [0.5, 0.6) is 0 Å². The lowest BCUT2D eigenvalue weighted by Gasteiger charge is -2.37. The Morgan fingerprint density at radius 2 is 2.00 bits per heavy atom. The van der Waals surface area contributed by atoms with Crippen LogP contribution in [-0.2, 0) is 0 Å². The minimum Gasteiger partial charge on any atom is -0.396 e. The van der Waals surface area contributed by atoms with Gasteiger partial charge >= 0.3 is 0 Å². The summed E-state index contributed by atoms with van der Waals surface area (Å²) in [4.78, 5) is 4.94. The normalized spacial score (nSPS) is 22.2. The van der Waals surface area contributed by atoms with Gasteiger partial charge in [-0.3, -0.25) is 0 Å². The predicted octanol–water partition coefficient (Wildman–Crippen LogP) is 1.03. The molecular weight excluding hydrogens is 188 g/mol. The summed E-state index contributed by atoms with van der Waals surface area (Å²) in [6, 6.07) is 0.724. The van der Waals surface area contributed by atoms with Gasteiger partial charge in [-0.05, 0) is 45.4 Å². The fourth-order valence-electron chi connectivity index (χ4n) is 2.37. The number of hydrogen-bond acceptors (Lipinski definition) is 3. The van der Waals surface area contributed by atoms with Crippen molar-refractivity contribution >= 4 is 0 Å². The maximum absolute atomic E-state index is 9.03. The van der Waals surface area contributed by atoms with Crippen molar-refractivity contribution in [2.75, 3.05) is 39.8 Å². The highest BCUT2D eigenvalue weighted by atomic mass is 16.3. The van der Waals surface area contributed by atoms with E-state index < -0.39 is 0 Å². The van der Waals surface area contributed by atoms with Crippen LogP contribution in [0.4, 0.5) is 0 Å². The molecule has 0 amide bonds. The van der Waals surface area contributed by atoms with E-state index in [1.807, 2.05) is 0 Å². The fourth-order valence-corrected chi connectivity index (χ4v) is 2.37. The molecule has 0 radical (unpaired) electrons. The lowest BCUT2D eigenvalue weighted by molar-refractivity contribution is 0.107. The molecule has 0 spiro atoms. The van der Waals surface area contributed by atoms with Crippen molar-refractivity contribution < 1.29 is 5.11 Å². The molecule has 1 saturated heterocycles. The largest absolute Gasteiger partial charge is 0.396 e. The van der Waals surface area contributed by atoms with Gasteiger partial charge in [-0.15, -0.1) is 0 Å². The number of aliphatic hydroxyl groups excluding tert-OH is 1. The Morgan fingerprint density at radius 3 is 2.47 bits per heavy atom. The molecule has 0 aromatic heterocycles. The van der Waals surface area contributed by atoms with E-state index in [4.69, 9.17) is 5.11 Å². The van der Waals surface area contributed by atoms with Gasteiger partial charge in [0.15, 0.2) is 0 Å². The molecule has 1 aliphatic heterocycles. The second-order valence-electron chi connectivity index (χ2n) is 4.89. The molecule has 0 bridgehead atoms. The second-order valence-corrected chi connectivity index (χ2v) is 4.89. The van der Waals surface area contributed by atoms with Gasteiger partial charge in [-0.1, -0.05) is 13.8 Å². The van der Waals surface area contributed by atoms with Crippen molar-refractivity contribution in [2.45, 2.75) is 32.7 Å². The zero-order chi connectivity index (χ0) is 11.3. The van der Waals surface area contributed by atoms with Crippen molar-refractivity contribution in [2.24, 2.45) is 5.92 Å². The smallest absolute Gasteiger partial charge is 0.0468 e. The molecule has 1 aliphatic rings. The van der Waals surface area contributed by atoms with Gasteiger partial charge in [0.2, 0.25) is 0 Å². The van der Waals surface area contributed by atoms with Crippen LogP contribution in [0.2, 0.25) is 0 Å². The van der Waals surface area contributed by atoms with Gasteiger partial charge < -0.3 is 14.9 Å². The van der Waals surface area contributed by atoms with E-state index in [0.29, 0.717) is 12.5 Å². The molecule has 0 aromatic rings. The quantitative estimate of drug-likeness (QED) is 0.740. The minimum absolute atomic E-state index is 0.304. The van der Waals surface area contributed by atoms with Gasteiger partial charge in [0, 0.05) is 19.2 Å². The summed E-state index contributed by atoms with van der Waals surface area (Å²) in [5, 5.41) is 9.03. The average molecular weight is 214 g/mol. The molecule has 3 heteroatoms. The molecule has 0 aromatic carbocycles. The van der Waals surface area contributed by atoms with Crippen LogP contribution in [0.1, 0.15) is 26.7 Å². The minimum atomic E-state index is 0.304. The molecule has 90 valence electrons. The Labute approximate surface area is 94.1 Å². The average Bonchev–Trinajstić information content (AvgIpc) is 2.29. The van der Waals surface area contributed by atoms with Gasteiger partial charge in [0.1, 0.15) is 0 Å². The fraction of sp³-hybridized carbons (Fsp3) is 1.00. The number of aliphatic hydroxyl groups is 1. The summed E-state index contributed by atoms with van der Waals surface area (Å²) < 4.78 is 0. The lowest BCUT2D eigenvalue weighted by atomic mass is 10.0. The molecule has 0 aliphatic carbocycles. The Kier molecular flexibility index (Phi) is 5.58. The molecule has 1 heterocycles. The number of nitrogens with zero attached hydrogens (tertiary/aromatic N) is 2. The molecule has 15 heavy (non-hydrogen) atoms. The highest BCUT2D eigenvalue weighted by Crippen LogP contribution is 2.15. The molecule has 1 fully saturated rings. The highest BCUT2D eigenvalue weighted by molar-refractivity contribution is 4.78. The van der Waals surface area contributed by atoms with E-state index in [1.54, 1.807) is 0 Å². The zero-order valence-corrected chi connectivity index (χ0v) is 10.4. The lowest BCUT2D eigenvalue weighted by Crippen LogP contribution is -2.44. The predicted molar refractivity (Wildman–Crippen MR) is 64.0 cm³/mol. The van der Waals surface area contributed by atoms with E-state index >= 15 is 0 Å². The van der Waals surface area contributed by atoms with Crippen molar-refractivity contribution in [3.63, 3.8) is 0 Å². The van der Waals surface area contributed by atoms with Crippen molar-refractivity contribution in [1.82, 2.24) is 9.80 Å². The molecule has 3 nitrogen and oxygen atoms in total. The number of likely N-dealkylation sites (tertiary alicyclic amines) is 1.